The summed E-state index contributed by atoms with van der Waals surface area (Å²) in [5.41, 5.74) is 3.57. The smallest absolute Gasteiger partial charge is 0.338 e. The van der Waals surface area contributed by atoms with Gasteiger partial charge < -0.3 is 14.4 Å². The summed E-state index contributed by atoms with van der Waals surface area (Å²) in [5, 5.41) is 0.608. The van der Waals surface area contributed by atoms with Crippen molar-refractivity contribution < 1.29 is 19.1 Å². The number of hydrogen-bond acceptors (Lipinski definition) is 7. The molecular formula is C31H24ClN3O5S. The average molecular weight is 586 g/mol. The van der Waals surface area contributed by atoms with Gasteiger partial charge in [0, 0.05) is 10.6 Å². The Bertz CT molecular complexity index is 1920. The van der Waals surface area contributed by atoms with Gasteiger partial charge in [0.2, 0.25) is 0 Å². The standard InChI is InChI=1S/C31H24ClN3O5S/c1-17-24(30(38)40-3)26(19-10-14-21(39-2)15-11-19)35-29(37)27(41-31(35)33-17)25-22-6-4-5-7-23(22)34(28(25)36)16-18-8-12-20(32)13-9-18/h4-15,26H,16H2,1-3H3/b27-25-/t26-/m1/s1. The van der Waals surface area contributed by atoms with Crippen molar-refractivity contribution in [2.75, 3.05) is 19.1 Å². The highest BCUT2D eigenvalue weighted by molar-refractivity contribution is 7.07. The molecule has 0 saturated carbocycles. The molecule has 3 heterocycles. The first kappa shape index (κ1) is 26.7. The lowest BCUT2D eigenvalue weighted by molar-refractivity contribution is -0.136. The Morgan fingerprint density at radius 2 is 1.71 bits per heavy atom. The second-order valence-corrected chi connectivity index (χ2v) is 11.0. The minimum Gasteiger partial charge on any atom is -0.497 e. The SMILES string of the molecule is COC(=O)C1=C(C)N=c2s/c(=C3\C(=O)N(Cc4ccc(Cl)cc4)c4ccccc43)c(=O)n2[C@@H]1c1ccc(OC)cc1. The fourth-order valence-corrected chi connectivity index (χ4v) is 6.54. The number of aromatic nitrogens is 1. The summed E-state index contributed by atoms with van der Waals surface area (Å²) in [6.45, 7) is 2.03. The number of ether oxygens (including phenoxy) is 2. The average Bonchev–Trinajstić information content (AvgIpc) is 3.45. The maximum absolute atomic E-state index is 14.2. The number of nitrogens with zero attached hydrogens (tertiary/aromatic N) is 3. The summed E-state index contributed by atoms with van der Waals surface area (Å²) in [4.78, 5) is 47.9. The van der Waals surface area contributed by atoms with Crippen LogP contribution in [0.2, 0.25) is 5.02 Å². The molecule has 2 aliphatic heterocycles. The molecule has 0 radical (unpaired) electrons. The number of halogens is 1. The van der Waals surface area contributed by atoms with Crippen LogP contribution in [0.25, 0.3) is 5.57 Å². The van der Waals surface area contributed by atoms with Crippen molar-refractivity contribution in [1.82, 2.24) is 4.57 Å². The van der Waals surface area contributed by atoms with Gasteiger partial charge in [-0.2, -0.15) is 0 Å². The Kier molecular flexibility index (Phi) is 6.84. The van der Waals surface area contributed by atoms with Crippen LogP contribution >= 0.6 is 22.9 Å². The van der Waals surface area contributed by atoms with Gasteiger partial charge in [0.1, 0.15) is 10.3 Å². The summed E-state index contributed by atoms with van der Waals surface area (Å²) >= 11 is 7.20. The second-order valence-electron chi connectivity index (χ2n) is 9.58. The third-order valence-electron chi connectivity index (χ3n) is 7.24. The van der Waals surface area contributed by atoms with Crippen LogP contribution in [0.3, 0.4) is 0 Å². The van der Waals surface area contributed by atoms with Crippen molar-refractivity contribution >= 4 is 46.1 Å². The minimum absolute atomic E-state index is 0.254. The Morgan fingerprint density at radius 1 is 1.00 bits per heavy atom. The van der Waals surface area contributed by atoms with E-state index in [1.807, 2.05) is 36.4 Å². The van der Waals surface area contributed by atoms with E-state index >= 15 is 0 Å². The normalized spacial score (nSPS) is 17.2. The predicted octanol–water partition coefficient (Wildman–Crippen LogP) is 3.99. The van der Waals surface area contributed by atoms with Gasteiger partial charge in [-0.1, -0.05) is 65.4 Å². The number of fused-ring (bicyclic) bond motifs is 2. The van der Waals surface area contributed by atoms with Crippen molar-refractivity contribution in [1.29, 1.82) is 0 Å². The molecule has 2 aliphatic rings. The van der Waals surface area contributed by atoms with Gasteiger partial charge in [0.15, 0.2) is 4.80 Å². The number of rotatable bonds is 5. The lowest BCUT2D eigenvalue weighted by Crippen LogP contribution is -2.40. The number of amides is 1. The van der Waals surface area contributed by atoms with Crippen LogP contribution in [-0.2, 0) is 20.9 Å². The Balaban J connectivity index is 1.56. The molecule has 10 heteroatoms. The summed E-state index contributed by atoms with van der Waals surface area (Å²) in [5.74, 6) is -0.226. The number of benzene rings is 3. The first-order valence-electron chi connectivity index (χ1n) is 12.8. The lowest BCUT2D eigenvalue weighted by atomic mass is 9.96. The van der Waals surface area contributed by atoms with Crippen molar-refractivity contribution in [2.24, 2.45) is 4.99 Å². The van der Waals surface area contributed by atoms with E-state index in [0.717, 1.165) is 16.9 Å². The number of para-hydroxylation sites is 1. The van der Waals surface area contributed by atoms with E-state index in [9.17, 15) is 14.4 Å². The number of hydrogen-bond donors (Lipinski definition) is 0. The summed E-state index contributed by atoms with van der Waals surface area (Å²) in [6, 6.07) is 21.1. The van der Waals surface area contributed by atoms with E-state index in [1.54, 1.807) is 55.3 Å². The Labute approximate surface area is 244 Å². The largest absolute Gasteiger partial charge is 0.497 e. The molecule has 0 unspecified atom stereocenters. The van der Waals surface area contributed by atoms with Crippen LogP contribution < -0.4 is 24.5 Å². The van der Waals surface area contributed by atoms with Crippen molar-refractivity contribution in [3.63, 3.8) is 0 Å². The van der Waals surface area contributed by atoms with Gasteiger partial charge >= 0.3 is 5.97 Å². The van der Waals surface area contributed by atoms with Gasteiger partial charge in [-0.3, -0.25) is 14.2 Å². The summed E-state index contributed by atoms with van der Waals surface area (Å²) in [6.07, 6.45) is 0. The summed E-state index contributed by atoms with van der Waals surface area (Å²) in [7, 11) is 2.86. The molecule has 1 aromatic heterocycles. The molecule has 3 aromatic carbocycles. The highest BCUT2D eigenvalue weighted by atomic mass is 35.5. The minimum atomic E-state index is -0.795. The molecule has 0 saturated heterocycles. The van der Waals surface area contributed by atoms with Crippen LogP contribution in [0.5, 0.6) is 5.75 Å². The van der Waals surface area contributed by atoms with Crippen LogP contribution in [0.15, 0.2) is 93.9 Å². The Morgan fingerprint density at radius 3 is 2.39 bits per heavy atom. The predicted molar refractivity (Wildman–Crippen MR) is 157 cm³/mol. The fraction of sp³-hybridized carbons (Fsp3) is 0.161. The lowest BCUT2D eigenvalue weighted by Gasteiger charge is -2.24. The molecule has 0 spiro atoms. The third-order valence-corrected chi connectivity index (χ3v) is 8.54. The van der Waals surface area contributed by atoms with Gasteiger partial charge in [0.25, 0.3) is 11.5 Å². The van der Waals surface area contributed by atoms with E-state index in [2.05, 4.69) is 4.99 Å². The molecule has 206 valence electrons. The number of esters is 1. The van der Waals surface area contributed by atoms with Crippen molar-refractivity contribution in [3.05, 3.63) is 125 Å². The Hall–Kier alpha value is -4.47. The molecule has 4 aromatic rings. The molecule has 0 fully saturated rings. The third kappa shape index (κ3) is 4.47. The highest BCUT2D eigenvalue weighted by Crippen LogP contribution is 2.37. The number of thiazole rings is 1. The van der Waals surface area contributed by atoms with Gasteiger partial charge in [-0.25, -0.2) is 9.79 Å². The molecule has 8 nitrogen and oxygen atoms in total. The van der Waals surface area contributed by atoms with Crippen LogP contribution in [0, 0.1) is 0 Å². The fourth-order valence-electron chi connectivity index (χ4n) is 5.27. The number of carbonyl (C=O) groups is 2. The summed E-state index contributed by atoms with van der Waals surface area (Å²) < 4.78 is 12.1. The van der Waals surface area contributed by atoms with Crippen LogP contribution in [0.4, 0.5) is 5.69 Å². The topological polar surface area (TPSA) is 90.2 Å². The number of allylic oxidation sites excluding steroid dienone is 1. The van der Waals surface area contributed by atoms with Gasteiger partial charge in [0.05, 0.1) is 49.3 Å². The van der Waals surface area contributed by atoms with E-state index in [1.165, 1.54) is 11.7 Å². The molecule has 6 rings (SSSR count). The highest BCUT2D eigenvalue weighted by Gasteiger charge is 2.37. The van der Waals surface area contributed by atoms with Crippen LogP contribution in [0.1, 0.15) is 29.7 Å². The molecule has 1 amide bonds. The van der Waals surface area contributed by atoms with Crippen LogP contribution in [-0.4, -0.2) is 30.7 Å². The van der Waals surface area contributed by atoms with Crippen molar-refractivity contribution in [2.45, 2.75) is 19.5 Å². The number of carbonyl (C=O) groups excluding carboxylic acids is 2. The zero-order valence-electron chi connectivity index (χ0n) is 22.4. The van der Waals surface area contributed by atoms with E-state index < -0.39 is 17.6 Å². The molecule has 0 bridgehead atoms. The molecule has 0 aliphatic carbocycles. The van der Waals surface area contributed by atoms with E-state index in [-0.39, 0.29) is 16.0 Å². The van der Waals surface area contributed by atoms with Gasteiger partial charge in [-0.15, -0.1) is 0 Å². The zero-order chi connectivity index (χ0) is 28.8. The molecule has 41 heavy (non-hydrogen) atoms. The second kappa shape index (κ2) is 10.5. The van der Waals surface area contributed by atoms with E-state index in [0.29, 0.717) is 50.2 Å². The first-order chi connectivity index (χ1) is 19.8. The molecule has 0 N–H and O–H groups in total. The zero-order valence-corrected chi connectivity index (χ0v) is 24.0. The monoisotopic (exact) mass is 585 g/mol. The first-order valence-corrected chi connectivity index (χ1v) is 13.9. The quantitative estimate of drug-likeness (QED) is 0.331. The maximum Gasteiger partial charge on any atom is 0.338 e. The number of anilines is 1. The van der Waals surface area contributed by atoms with Crippen molar-refractivity contribution in [3.8, 4) is 5.75 Å². The number of methoxy groups -OCH3 is 2. The van der Waals surface area contributed by atoms with Gasteiger partial charge in [-0.05, 0) is 48.4 Å². The molecular weight excluding hydrogens is 562 g/mol. The maximum atomic E-state index is 14.2. The molecule has 1 atom stereocenters. The van der Waals surface area contributed by atoms with E-state index in [4.69, 9.17) is 21.1 Å².